The SMILES string of the molecule is COCC(=O)N1CCC(COc2ncccc2C)CC1. The molecule has 1 aliphatic heterocycles. The number of hydrogen-bond donors (Lipinski definition) is 0. The number of ether oxygens (including phenoxy) is 2. The maximum Gasteiger partial charge on any atom is 0.248 e. The Morgan fingerprint density at radius 2 is 2.20 bits per heavy atom. The second-order valence-corrected chi connectivity index (χ2v) is 5.19. The van der Waals surface area contributed by atoms with Gasteiger partial charge in [0, 0.05) is 32.0 Å². The van der Waals surface area contributed by atoms with E-state index in [-0.39, 0.29) is 12.5 Å². The summed E-state index contributed by atoms with van der Waals surface area (Å²) in [6.07, 6.45) is 3.69. The Kier molecular flexibility index (Phi) is 5.35. The molecular formula is C15H22N2O3. The third-order valence-corrected chi connectivity index (χ3v) is 3.65. The molecule has 0 bridgehead atoms. The second kappa shape index (κ2) is 7.24. The minimum atomic E-state index is 0.0763. The number of hydrogen-bond acceptors (Lipinski definition) is 4. The molecule has 2 rings (SSSR count). The lowest BCUT2D eigenvalue weighted by Crippen LogP contribution is -2.41. The maximum atomic E-state index is 11.7. The fourth-order valence-corrected chi connectivity index (χ4v) is 2.38. The minimum absolute atomic E-state index is 0.0763. The number of likely N-dealkylation sites (tertiary alicyclic amines) is 1. The first-order chi connectivity index (χ1) is 9.70. The molecule has 1 aromatic heterocycles. The molecule has 110 valence electrons. The molecule has 0 aliphatic carbocycles. The Bertz CT molecular complexity index is 442. The van der Waals surface area contributed by atoms with Gasteiger partial charge in [-0.2, -0.15) is 0 Å². The Morgan fingerprint density at radius 3 is 2.85 bits per heavy atom. The van der Waals surface area contributed by atoms with Crippen LogP contribution in [-0.4, -0.2) is 49.2 Å². The van der Waals surface area contributed by atoms with E-state index in [0.29, 0.717) is 18.4 Å². The molecule has 20 heavy (non-hydrogen) atoms. The van der Waals surface area contributed by atoms with Crippen LogP contribution < -0.4 is 4.74 Å². The van der Waals surface area contributed by atoms with E-state index in [1.807, 2.05) is 24.0 Å². The van der Waals surface area contributed by atoms with Crippen LogP contribution in [0.15, 0.2) is 18.3 Å². The predicted octanol–water partition coefficient (Wildman–Crippen LogP) is 1.65. The number of aryl methyl sites for hydroxylation is 1. The van der Waals surface area contributed by atoms with Crippen LogP contribution in [0.2, 0.25) is 0 Å². The molecule has 1 amide bonds. The highest BCUT2D eigenvalue weighted by Gasteiger charge is 2.23. The van der Waals surface area contributed by atoms with Gasteiger partial charge < -0.3 is 14.4 Å². The number of aromatic nitrogens is 1. The number of methoxy groups -OCH3 is 1. The van der Waals surface area contributed by atoms with E-state index in [2.05, 4.69) is 4.98 Å². The van der Waals surface area contributed by atoms with Gasteiger partial charge in [0.25, 0.3) is 0 Å². The highest BCUT2D eigenvalue weighted by atomic mass is 16.5. The molecule has 0 radical (unpaired) electrons. The molecule has 1 aliphatic rings. The van der Waals surface area contributed by atoms with Crippen LogP contribution in [0.3, 0.4) is 0 Å². The molecule has 0 atom stereocenters. The van der Waals surface area contributed by atoms with Crippen molar-refractivity contribution in [2.24, 2.45) is 5.92 Å². The van der Waals surface area contributed by atoms with E-state index in [1.54, 1.807) is 13.3 Å². The van der Waals surface area contributed by atoms with Crippen LogP contribution in [0, 0.1) is 12.8 Å². The molecule has 1 saturated heterocycles. The van der Waals surface area contributed by atoms with E-state index in [1.165, 1.54) is 0 Å². The number of amides is 1. The summed E-state index contributed by atoms with van der Waals surface area (Å²) >= 11 is 0. The molecule has 5 heteroatoms. The van der Waals surface area contributed by atoms with Crippen LogP contribution in [0.25, 0.3) is 0 Å². The average Bonchev–Trinajstić information content (AvgIpc) is 2.47. The summed E-state index contributed by atoms with van der Waals surface area (Å²) in [5, 5.41) is 0. The van der Waals surface area contributed by atoms with Crippen molar-refractivity contribution < 1.29 is 14.3 Å². The van der Waals surface area contributed by atoms with Crippen LogP contribution in [0.1, 0.15) is 18.4 Å². The molecule has 2 heterocycles. The van der Waals surface area contributed by atoms with Crippen molar-refractivity contribution in [2.75, 3.05) is 33.4 Å². The number of nitrogens with zero attached hydrogens (tertiary/aromatic N) is 2. The van der Waals surface area contributed by atoms with E-state index in [0.717, 1.165) is 31.5 Å². The summed E-state index contributed by atoms with van der Waals surface area (Å²) in [4.78, 5) is 17.8. The van der Waals surface area contributed by atoms with Gasteiger partial charge in [0.2, 0.25) is 11.8 Å². The van der Waals surface area contributed by atoms with Gasteiger partial charge in [-0.25, -0.2) is 4.98 Å². The van der Waals surface area contributed by atoms with Crippen LogP contribution in [0.5, 0.6) is 5.88 Å². The molecular weight excluding hydrogens is 256 g/mol. The number of pyridine rings is 1. The van der Waals surface area contributed by atoms with Crippen LogP contribution in [-0.2, 0) is 9.53 Å². The standard InChI is InChI=1S/C15H22N2O3/c1-12-4-3-7-16-15(12)20-10-13-5-8-17(9-6-13)14(18)11-19-2/h3-4,7,13H,5-6,8-11H2,1-2H3. The average molecular weight is 278 g/mol. The zero-order valence-corrected chi connectivity index (χ0v) is 12.2. The van der Waals surface area contributed by atoms with Crippen LogP contribution >= 0.6 is 0 Å². The Balaban J connectivity index is 1.75. The zero-order chi connectivity index (χ0) is 14.4. The summed E-state index contributed by atoms with van der Waals surface area (Å²) in [6.45, 7) is 4.42. The van der Waals surface area contributed by atoms with Crippen molar-refractivity contribution in [3.8, 4) is 5.88 Å². The van der Waals surface area contributed by atoms with Gasteiger partial charge in [-0.15, -0.1) is 0 Å². The molecule has 0 spiro atoms. The maximum absolute atomic E-state index is 11.7. The predicted molar refractivity (Wildman–Crippen MR) is 75.6 cm³/mol. The third kappa shape index (κ3) is 3.93. The van der Waals surface area contributed by atoms with Gasteiger partial charge in [0.15, 0.2) is 0 Å². The monoisotopic (exact) mass is 278 g/mol. The van der Waals surface area contributed by atoms with Gasteiger partial charge in [0.1, 0.15) is 6.61 Å². The minimum Gasteiger partial charge on any atom is -0.477 e. The van der Waals surface area contributed by atoms with Crippen molar-refractivity contribution in [3.63, 3.8) is 0 Å². The fourth-order valence-electron chi connectivity index (χ4n) is 2.38. The lowest BCUT2D eigenvalue weighted by molar-refractivity contribution is -0.136. The number of rotatable bonds is 5. The summed E-state index contributed by atoms with van der Waals surface area (Å²) < 4.78 is 10.7. The number of carbonyl (C=O) groups excluding carboxylic acids is 1. The molecule has 0 aromatic carbocycles. The van der Waals surface area contributed by atoms with E-state index in [9.17, 15) is 4.79 Å². The van der Waals surface area contributed by atoms with Crippen molar-refractivity contribution in [2.45, 2.75) is 19.8 Å². The molecule has 1 aromatic rings. The number of carbonyl (C=O) groups is 1. The summed E-state index contributed by atoms with van der Waals surface area (Å²) in [6, 6.07) is 3.90. The molecule has 0 unspecified atom stereocenters. The van der Waals surface area contributed by atoms with E-state index in [4.69, 9.17) is 9.47 Å². The Morgan fingerprint density at radius 1 is 1.45 bits per heavy atom. The molecule has 0 saturated carbocycles. The Labute approximate surface area is 119 Å². The summed E-state index contributed by atoms with van der Waals surface area (Å²) in [5.74, 6) is 1.28. The van der Waals surface area contributed by atoms with Gasteiger partial charge in [-0.05, 0) is 31.7 Å². The fraction of sp³-hybridized carbons (Fsp3) is 0.600. The first-order valence-corrected chi connectivity index (χ1v) is 7.02. The second-order valence-electron chi connectivity index (χ2n) is 5.19. The van der Waals surface area contributed by atoms with Crippen molar-refractivity contribution in [1.82, 2.24) is 9.88 Å². The number of piperidine rings is 1. The van der Waals surface area contributed by atoms with Gasteiger partial charge in [-0.1, -0.05) is 6.07 Å². The Hall–Kier alpha value is -1.62. The van der Waals surface area contributed by atoms with Crippen molar-refractivity contribution >= 4 is 5.91 Å². The van der Waals surface area contributed by atoms with Gasteiger partial charge >= 0.3 is 0 Å². The van der Waals surface area contributed by atoms with E-state index >= 15 is 0 Å². The molecule has 0 N–H and O–H groups in total. The largest absolute Gasteiger partial charge is 0.477 e. The smallest absolute Gasteiger partial charge is 0.248 e. The first-order valence-electron chi connectivity index (χ1n) is 7.02. The quantitative estimate of drug-likeness (QED) is 0.822. The molecule has 1 fully saturated rings. The van der Waals surface area contributed by atoms with Gasteiger partial charge in [0.05, 0.1) is 6.61 Å². The summed E-state index contributed by atoms with van der Waals surface area (Å²) in [7, 11) is 1.55. The highest BCUT2D eigenvalue weighted by Crippen LogP contribution is 2.20. The van der Waals surface area contributed by atoms with Gasteiger partial charge in [-0.3, -0.25) is 4.79 Å². The lowest BCUT2D eigenvalue weighted by Gasteiger charge is -2.31. The lowest BCUT2D eigenvalue weighted by atomic mass is 9.98. The third-order valence-electron chi connectivity index (χ3n) is 3.65. The highest BCUT2D eigenvalue weighted by molar-refractivity contribution is 5.77. The van der Waals surface area contributed by atoms with E-state index < -0.39 is 0 Å². The normalized spacial score (nSPS) is 16.2. The topological polar surface area (TPSA) is 51.7 Å². The molecule has 5 nitrogen and oxygen atoms in total. The van der Waals surface area contributed by atoms with Crippen LogP contribution in [0.4, 0.5) is 0 Å². The first kappa shape index (κ1) is 14.8. The zero-order valence-electron chi connectivity index (χ0n) is 12.2. The van der Waals surface area contributed by atoms with Crippen molar-refractivity contribution in [1.29, 1.82) is 0 Å². The van der Waals surface area contributed by atoms with Crippen molar-refractivity contribution in [3.05, 3.63) is 23.9 Å². The summed E-state index contributed by atoms with van der Waals surface area (Å²) in [5.41, 5.74) is 1.06.